The van der Waals surface area contributed by atoms with E-state index in [9.17, 15) is 9.59 Å². The van der Waals surface area contributed by atoms with Crippen molar-refractivity contribution < 1.29 is 18.6 Å². The lowest BCUT2D eigenvalue weighted by Gasteiger charge is -1.97. The molecule has 0 aromatic heterocycles. The maximum Gasteiger partial charge on any atom is 0.362 e. The van der Waals surface area contributed by atoms with Gasteiger partial charge in [0.2, 0.25) is 0 Å². The van der Waals surface area contributed by atoms with E-state index in [2.05, 4.69) is 20.9 Å². The van der Waals surface area contributed by atoms with Crippen LogP contribution in [0.2, 0.25) is 0 Å². The van der Waals surface area contributed by atoms with Crippen LogP contribution in [0.1, 0.15) is 13.3 Å². The summed E-state index contributed by atoms with van der Waals surface area (Å²) in [6.45, 7) is 1.20. The molecule has 0 unspecified atom stereocenters. The number of hydrogen-bond donors (Lipinski definition) is 0. The fraction of sp³-hybridized carbons (Fsp3) is 0.600. The van der Waals surface area contributed by atoms with Crippen LogP contribution in [0.15, 0.2) is 0 Å². The van der Waals surface area contributed by atoms with Crippen molar-refractivity contribution in [2.24, 2.45) is 0 Å². The second-order valence-electron chi connectivity index (χ2n) is 1.46. The van der Waals surface area contributed by atoms with E-state index in [0.717, 1.165) is 0 Å². The molecule has 10 heavy (non-hydrogen) atoms. The summed E-state index contributed by atoms with van der Waals surface area (Å²) in [6.07, 6.45) is 0.232. The van der Waals surface area contributed by atoms with Gasteiger partial charge in [-0.1, -0.05) is 6.92 Å². The predicted octanol–water partition coefficient (Wildman–Crippen LogP) is 0.637. The van der Waals surface area contributed by atoms with Gasteiger partial charge in [-0.15, -0.1) is 0 Å². The first-order valence-corrected chi connectivity index (χ1v) is 2.98. The highest BCUT2D eigenvalue weighted by molar-refractivity contribution is 6.13. The van der Waals surface area contributed by atoms with Crippen molar-refractivity contribution in [3.63, 3.8) is 0 Å². The number of hydrogen-bond acceptors (Lipinski definition) is 4. The van der Waals surface area contributed by atoms with Crippen LogP contribution in [0.5, 0.6) is 0 Å². The van der Waals surface area contributed by atoms with Crippen molar-refractivity contribution in [1.29, 1.82) is 0 Å². The number of esters is 1. The first-order valence-electron chi connectivity index (χ1n) is 2.67. The summed E-state index contributed by atoms with van der Waals surface area (Å²) in [4.78, 5) is 20.6. The molecule has 5 heteroatoms. The molecule has 0 aliphatic heterocycles. The maximum atomic E-state index is 10.4. The van der Waals surface area contributed by atoms with Gasteiger partial charge in [-0.3, -0.25) is 4.79 Å². The Balaban J connectivity index is 3.35. The first-order chi connectivity index (χ1) is 4.70. The van der Waals surface area contributed by atoms with Gasteiger partial charge in [0.25, 0.3) is 0 Å². The SMILES string of the molecule is CCC(=O)OCC(=O)OCl. The zero-order chi connectivity index (χ0) is 7.98. The predicted molar refractivity (Wildman–Crippen MR) is 33.2 cm³/mol. The van der Waals surface area contributed by atoms with Crippen LogP contribution in [0, 0.1) is 0 Å². The maximum absolute atomic E-state index is 10.4. The summed E-state index contributed by atoms with van der Waals surface area (Å²) in [5.41, 5.74) is 0. The minimum atomic E-state index is -0.775. The molecule has 0 amide bonds. The summed E-state index contributed by atoms with van der Waals surface area (Å²) >= 11 is 4.64. The van der Waals surface area contributed by atoms with Gasteiger partial charge in [0.1, 0.15) is 11.9 Å². The summed E-state index contributed by atoms with van der Waals surface area (Å²) < 4.78 is 8.05. The molecule has 0 fully saturated rings. The highest BCUT2D eigenvalue weighted by atomic mass is 35.5. The third kappa shape index (κ3) is 4.14. The zero-order valence-electron chi connectivity index (χ0n) is 5.43. The quantitative estimate of drug-likeness (QED) is 0.578. The Labute approximate surface area is 63.2 Å². The average Bonchev–Trinajstić information content (AvgIpc) is 1.99. The molecule has 0 aliphatic rings. The first kappa shape index (κ1) is 9.23. The Morgan fingerprint density at radius 2 is 2.00 bits per heavy atom. The molecule has 0 radical (unpaired) electrons. The van der Waals surface area contributed by atoms with Gasteiger partial charge in [0.05, 0.1) is 0 Å². The monoisotopic (exact) mass is 166 g/mol. The van der Waals surface area contributed by atoms with Gasteiger partial charge in [-0.2, -0.15) is 0 Å². The Bertz CT molecular complexity index is 118. The van der Waals surface area contributed by atoms with E-state index in [1.54, 1.807) is 6.92 Å². The van der Waals surface area contributed by atoms with Crippen LogP contribution in [0.25, 0.3) is 0 Å². The molecule has 0 aromatic rings. The molecule has 4 nitrogen and oxygen atoms in total. The van der Waals surface area contributed by atoms with E-state index >= 15 is 0 Å². The topological polar surface area (TPSA) is 52.6 Å². The molecule has 0 aromatic carbocycles. The van der Waals surface area contributed by atoms with Gasteiger partial charge < -0.3 is 9.03 Å². The summed E-state index contributed by atoms with van der Waals surface area (Å²) in [5, 5.41) is 0. The molecule has 0 bridgehead atoms. The molecule has 0 spiro atoms. The third-order valence-electron chi connectivity index (χ3n) is 0.726. The van der Waals surface area contributed by atoms with Gasteiger partial charge in [-0.05, 0) is 0 Å². The van der Waals surface area contributed by atoms with E-state index in [1.165, 1.54) is 0 Å². The number of carbonyl (C=O) groups excluding carboxylic acids is 2. The normalized spacial score (nSPS) is 8.60. The van der Waals surface area contributed by atoms with E-state index in [-0.39, 0.29) is 6.42 Å². The van der Waals surface area contributed by atoms with Crippen molar-refractivity contribution >= 4 is 23.8 Å². The minimum Gasteiger partial charge on any atom is -0.454 e. The van der Waals surface area contributed by atoms with Crippen LogP contribution in [-0.4, -0.2) is 18.5 Å². The number of halogens is 1. The van der Waals surface area contributed by atoms with Gasteiger partial charge in [0.15, 0.2) is 6.61 Å². The molecule has 0 heterocycles. The minimum absolute atomic E-state index is 0.232. The Kier molecular flexibility index (Phi) is 4.66. The lowest BCUT2D eigenvalue weighted by molar-refractivity contribution is -0.153. The fourth-order valence-electron chi connectivity index (χ4n) is 0.264. The lowest BCUT2D eigenvalue weighted by atomic mass is 10.5. The molecule has 0 atom stereocenters. The Morgan fingerprint density at radius 3 is 2.40 bits per heavy atom. The largest absolute Gasteiger partial charge is 0.454 e. The summed E-state index contributed by atoms with van der Waals surface area (Å²) in [5.74, 6) is -1.23. The van der Waals surface area contributed by atoms with Crippen molar-refractivity contribution in [3.8, 4) is 0 Å². The van der Waals surface area contributed by atoms with E-state index in [1.807, 2.05) is 0 Å². The second kappa shape index (κ2) is 5.05. The Hall–Kier alpha value is -0.770. The zero-order valence-corrected chi connectivity index (χ0v) is 6.18. The molecule has 58 valence electrons. The fourth-order valence-corrected chi connectivity index (χ4v) is 0.308. The number of carbonyl (C=O) groups is 2. The molecule has 0 saturated heterocycles. The summed E-state index contributed by atoms with van der Waals surface area (Å²) in [7, 11) is 0. The van der Waals surface area contributed by atoms with Gasteiger partial charge in [-0.25, -0.2) is 4.79 Å². The van der Waals surface area contributed by atoms with Crippen LogP contribution in [0.3, 0.4) is 0 Å². The van der Waals surface area contributed by atoms with E-state index in [0.29, 0.717) is 0 Å². The van der Waals surface area contributed by atoms with Gasteiger partial charge >= 0.3 is 11.9 Å². The Morgan fingerprint density at radius 1 is 1.40 bits per heavy atom. The van der Waals surface area contributed by atoms with Crippen molar-refractivity contribution in [3.05, 3.63) is 0 Å². The molecule has 0 rings (SSSR count). The van der Waals surface area contributed by atoms with Gasteiger partial charge in [0, 0.05) is 6.42 Å². The van der Waals surface area contributed by atoms with Crippen LogP contribution < -0.4 is 0 Å². The van der Waals surface area contributed by atoms with Crippen molar-refractivity contribution in [2.75, 3.05) is 6.61 Å². The molecule has 0 saturated carbocycles. The highest BCUT2D eigenvalue weighted by Gasteiger charge is 2.04. The summed E-state index contributed by atoms with van der Waals surface area (Å²) in [6, 6.07) is 0. The van der Waals surface area contributed by atoms with Crippen LogP contribution in [0.4, 0.5) is 0 Å². The van der Waals surface area contributed by atoms with Crippen molar-refractivity contribution in [2.45, 2.75) is 13.3 Å². The average molecular weight is 167 g/mol. The van der Waals surface area contributed by atoms with Crippen LogP contribution >= 0.6 is 11.9 Å². The standard InChI is InChI=1S/C5H7ClO4/c1-2-4(7)9-3-5(8)10-6/h2-3H2,1H3. The van der Waals surface area contributed by atoms with E-state index in [4.69, 9.17) is 0 Å². The van der Waals surface area contributed by atoms with Crippen molar-refractivity contribution in [1.82, 2.24) is 0 Å². The molecule has 0 N–H and O–H groups in total. The molecular formula is C5H7ClO4. The lowest BCUT2D eigenvalue weighted by Crippen LogP contribution is -2.12. The number of rotatable bonds is 3. The second-order valence-corrected chi connectivity index (χ2v) is 1.62. The third-order valence-corrected chi connectivity index (χ3v) is 0.898. The highest BCUT2D eigenvalue weighted by Crippen LogP contribution is 1.87. The van der Waals surface area contributed by atoms with Crippen LogP contribution in [-0.2, 0) is 18.6 Å². The molecule has 0 aliphatic carbocycles. The number of ether oxygens (including phenoxy) is 1. The van der Waals surface area contributed by atoms with E-state index < -0.39 is 18.5 Å². The molecular weight excluding hydrogens is 160 g/mol. The smallest absolute Gasteiger partial charge is 0.362 e.